The fourth-order valence-electron chi connectivity index (χ4n) is 2.81. The van der Waals surface area contributed by atoms with E-state index in [1.807, 2.05) is 6.08 Å². The lowest BCUT2D eigenvalue weighted by Gasteiger charge is -2.18. The van der Waals surface area contributed by atoms with Gasteiger partial charge >= 0.3 is 0 Å². The number of para-hydroxylation sites is 2. The zero-order valence-electron chi connectivity index (χ0n) is 9.30. The highest BCUT2D eigenvalue weighted by atomic mass is 15.1. The Labute approximate surface area is 99.0 Å². The number of benzene rings is 2. The van der Waals surface area contributed by atoms with Crippen LogP contribution in [0.15, 0.2) is 48.5 Å². The first-order valence-corrected chi connectivity index (χ1v) is 5.82. The number of aromatic nitrogens is 1. The van der Waals surface area contributed by atoms with Crippen LogP contribution in [0.25, 0.3) is 27.9 Å². The molecule has 2 aromatic carbocycles. The number of hydrogen-bond acceptors (Lipinski definition) is 1. The summed E-state index contributed by atoms with van der Waals surface area (Å²) >= 11 is 0. The van der Waals surface area contributed by atoms with E-state index in [1.165, 1.54) is 27.4 Å². The molecule has 0 radical (unpaired) electrons. The largest absolute Gasteiger partial charge is 0.320 e. The monoisotopic (exact) mass is 220 g/mol. The van der Waals surface area contributed by atoms with E-state index < -0.39 is 0 Å². The van der Waals surface area contributed by atoms with Crippen molar-refractivity contribution < 1.29 is 0 Å². The van der Waals surface area contributed by atoms with E-state index in [4.69, 9.17) is 5.73 Å². The molecule has 2 N–H and O–H groups in total. The molecule has 0 spiro atoms. The van der Waals surface area contributed by atoms with Crippen LogP contribution in [0.2, 0.25) is 0 Å². The van der Waals surface area contributed by atoms with Crippen LogP contribution in [0.4, 0.5) is 0 Å². The lowest BCUT2D eigenvalue weighted by atomic mass is 10.1. The topological polar surface area (TPSA) is 30.9 Å². The standard InChI is InChI=1S/C15H12N2/c16-14-9-8-10-4-3-6-12-11-5-1-2-7-13(11)17(14)15(10)12/h1-9,14H,16H2. The summed E-state index contributed by atoms with van der Waals surface area (Å²) in [5.41, 5.74) is 9.91. The maximum absolute atomic E-state index is 6.19. The van der Waals surface area contributed by atoms with Crippen LogP contribution in [0.1, 0.15) is 11.7 Å². The Bertz CT molecular complexity index is 765. The van der Waals surface area contributed by atoms with Crippen LogP contribution >= 0.6 is 0 Å². The van der Waals surface area contributed by atoms with E-state index >= 15 is 0 Å². The molecule has 1 aliphatic heterocycles. The third-order valence-electron chi connectivity index (χ3n) is 3.53. The van der Waals surface area contributed by atoms with E-state index in [0.717, 1.165) is 0 Å². The summed E-state index contributed by atoms with van der Waals surface area (Å²) < 4.78 is 2.22. The minimum absolute atomic E-state index is 0.0627. The quantitative estimate of drug-likeness (QED) is 0.619. The molecule has 0 fully saturated rings. The van der Waals surface area contributed by atoms with Crippen LogP contribution in [-0.4, -0.2) is 4.57 Å². The first kappa shape index (κ1) is 9.02. The molecule has 1 aliphatic rings. The summed E-state index contributed by atoms with van der Waals surface area (Å²) in [5, 5.41) is 2.57. The van der Waals surface area contributed by atoms with Crippen molar-refractivity contribution in [1.82, 2.24) is 4.57 Å². The van der Waals surface area contributed by atoms with Crippen LogP contribution < -0.4 is 5.73 Å². The van der Waals surface area contributed by atoms with Gasteiger partial charge in [0, 0.05) is 10.8 Å². The maximum atomic E-state index is 6.19. The summed E-state index contributed by atoms with van der Waals surface area (Å²) in [6.07, 6.45) is 4.10. The average Bonchev–Trinajstić information content (AvgIpc) is 2.71. The Kier molecular flexibility index (Phi) is 1.59. The summed E-state index contributed by atoms with van der Waals surface area (Å²) in [6, 6.07) is 14.9. The molecule has 1 aromatic heterocycles. The van der Waals surface area contributed by atoms with Crippen molar-refractivity contribution in [3.05, 3.63) is 54.1 Å². The number of rotatable bonds is 0. The first-order valence-electron chi connectivity index (χ1n) is 5.82. The fourth-order valence-corrected chi connectivity index (χ4v) is 2.81. The van der Waals surface area contributed by atoms with Crippen molar-refractivity contribution in [1.29, 1.82) is 0 Å². The van der Waals surface area contributed by atoms with E-state index in [9.17, 15) is 0 Å². The summed E-state index contributed by atoms with van der Waals surface area (Å²) in [7, 11) is 0. The molecule has 0 amide bonds. The number of fused-ring (bicyclic) bond motifs is 3. The van der Waals surface area contributed by atoms with Gasteiger partial charge in [-0.05, 0) is 17.7 Å². The van der Waals surface area contributed by atoms with Gasteiger partial charge in [-0.2, -0.15) is 0 Å². The molecule has 2 heteroatoms. The Morgan fingerprint density at radius 3 is 2.71 bits per heavy atom. The molecular weight excluding hydrogens is 208 g/mol. The summed E-state index contributed by atoms with van der Waals surface area (Å²) in [5.74, 6) is 0. The fraction of sp³-hybridized carbons (Fsp3) is 0.0667. The second-order valence-electron chi connectivity index (χ2n) is 4.48. The van der Waals surface area contributed by atoms with Crippen molar-refractivity contribution >= 4 is 27.9 Å². The van der Waals surface area contributed by atoms with Crippen LogP contribution in [0, 0.1) is 0 Å². The van der Waals surface area contributed by atoms with Crippen molar-refractivity contribution in [2.45, 2.75) is 6.17 Å². The molecule has 2 nitrogen and oxygen atoms in total. The molecule has 1 unspecified atom stereocenters. The van der Waals surface area contributed by atoms with Gasteiger partial charge in [0.1, 0.15) is 6.17 Å². The molecule has 82 valence electrons. The lowest BCUT2D eigenvalue weighted by molar-refractivity contribution is 0.674. The highest BCUT2D eigenvalue weighted by molar-refractivity contribution is 6.11. The molecule has 3 aromatic rings. The minimum atomic E-state index is -0.0627. The number of hydrogen-bond donors (Lipinski definition) is 1. The third kappa shape index (κ3) is 1.03. The van der Waals surface area contributed by atoms with Gasteiger partial charge in [-0.3, -0.25) is 0 Å². The zero-order chi connectivity index (χ0) is 11.4. The van der Waals surface area contributed by atoms with E-state index in [1.54, 1.807) is 0 Å². The van der Waals surface area contributed by atoms with Crippen molar-refractivity contribution in [2.75, 3.05) is 0 Å². The van der Waals surface area contributed by atoms with Gasteiger partial charge in [0.25, 0.3) is 0 Å². The summed E-state index contributed by atoms with van der Waals surface area (Å²) in [6.45, 7) is 0. The molecule has 0 aliphatic carbocycles. The lowest BCUT2D eigenvalue weighted by Crippen LogP contribution is -2.17. The predicted octanol–water partition coefficient (Wildman–Crippen LogP) is 3.28. The maximum Gasteiger partial charge on any atom is 0.101 e. The Balaban J connectivity index is 2.37. The van der Waals surface area contributed by atoms with Gasteiger partial charge in [-0.1, -0.05) is 42.5 Å². The molecular formula is C15H12N2. The highest BCUT2D eigenvalue weighted by Crippen LogP contribution is 2.35. The molecule has 1 atom stereocenters. The highest BCUT2D eigenvalue weighted by Gasteiger charge is 2.18. The SMILES string of the molecule is NC1C=Cc2cccc3c4ccccc4n1c23. The van der Waals surface area contributed by atoms with Crippen LogP contribution in [-0.2, 0) is 0 Å². The van der Waals surface area contributed by atoms with Crippen molar-refractivity contribution in [2.24, 2.45) is 5.73 Å². The number of nitrogens with two attached hydrogens (primary N) is 1. The van der Waals surface area contributed by atoms with Gasteiger partial charge < -0.3 is 10.3 Å². The third-order valence-corrected chi connectivity index (χ3v) is 3.53. The Morgan fingerprint density at radius 2 is 1.76 bits per heavy atom. The molecule has 2 heterocycles. The molecule has 0 bridgehead atoms. The van der Waals surface area contributed by atoms with Gasteiger partial charge in [0.05, 0.1) is 11.0 Å². The molecule has 0 saturated carbocycles. The minimum Gasteiger partial charge on any atom is -0.320 e. The first-order chi connectivity index (χ1) is 8.36. The smallest absolute Gasteiger partial charge is 0.101 e. The molecule has 17 heavy (non-hydrogen) atoms. The molecule has 4 rings (SSSR count). The zero-order valence-corrected chi connectivity index (χ0v) is 9.30. The van der Waals surface area contributed by atoms with Crippen molar-refractivity contribution in [3.63, 3.8) is 0 Å². The van der Waals surface area contributed by atoms with E-state index in [0.29, 0.717) is 0 Å². The van der Waals surface area contributed by atoms with Gasteiger partial charge in [0.2, 0.25) is 0 Å². The normalized spacial score (nSPS) is 18.1. The van der Waals surface area contributed by atoms with E-state index in [-0.39, 0.29) is 6.17 Å². The van der Waals surface area contributed by atoms with Crippen LogP contribution in [0.5, 0.6) is 0 Å². The van der Waals surface area contributed by atoms with Gasteiger partial charge in [-0.25, -0.2) is 0 Å². The second-order valence-corrected chi connectivity index (χ2v) is 4.48. The van der Waals surface area contributed by atoms with E-state index in [2.05, 4.69) is 53.1 Å². The summed E-state index contributed by atoms with van der Waals surface area (Å²) in [4.78, 5) is 0. The van der Waals surface area contributed by atoms with Crippen molar-refractivity contribution in [3.8, 4) is 0 Å². The van der Waals surface area contributed by atoms with Gasteiger partial charge in [0.15, 0.2) is 0 Å². The van der Waals surface area contributed by atoms with Crippen LogP contribution in [0.3, 0.4) is 0 Å². The average molecular weight is 220 g/mol. The predicted molar refractivity (Wildman–Crippen MR) is 71.7 cm³/mol. The Hall–Kier alpha value is -2.06. The number of nitrogens with zero attached hydrogens (tertiary/aromatic N) is 1. The van der Waals surface area contributed by atoms with Gasteiger partial charge in [-0.15, -0.1) is 0 Å². The molecule has 0 saturated heterocycles. The Morgan fingerprint density at radius 1 is 0.941 bits per heavy atom. The second kappa shape index (κ2) is 2.99.